The quantitative estimate of drug-likeness (QED) is 0.704. The molecular weight excluding hydrogens is 369 g/mol. The summed E-state index contributed by atoms with van der Waals surface area (Å²) in [4.78, 5) is 0. The second-order valence-corrected chi connectivity index (χ2v) is 11.3. The largest absolute Gasteiger partial charge is 0.494 e. The van der Waals surface area contributed by atoms with Gasteiger partial charge in [-0.15, -0.1) is 0 Å². The molecule has 1 aliphatic rings. The van der Waals surface area contributed by atoms with E-state index in [4.69, 9.17) is 9.31 Å². The van der Waals surface area contributed by atoms with Gasteiger partial charge in [-0.25, -0.2) is 4.21 Å². The third-order valence-corrected chi connectivity index (χ3v) is 6.41. The molecule has 2 aromatic carbocycles. The zero-order valence-corrected chi connectivity index (χ0v) is 18.7. The third-order valence-electron chi connectivity index (χ3n) is 5.76. The molecule has 4 nitrogen and oxygen atoms in total. The van der Waals surface area contributed by atoms with Gasteiger partial charge in [0, 0.05) is 22.2 Å². The molecule has 150 valence electrons. The van der Waals surface area contributed by atoms with Crippen LogP contribution < -0.4 is 5.46 Å². The van der Waals surface area contributed by atoms with Crippen molar-refractivity contribution in [3.8, 4) is 11.1 Å². The Balaban J connectivity index is 1.80. The molecule has 28 heavy (non-hydrogen) atoms. The van der Waals surface area contributed by atoms with E-state index in [0.717, 1.165) is 22.3 Å². The van der Waals surface area contributed by atoms with Crippen molar-refractivity contribution in [2.45, 2.75) is 45.8 Å². The molecule has 0 spiro atoms. The molecule has 0 amide bonds. The zero-order chi connectivity index (χ0) is 20.7. The minimum absolute atomic E-state index is 0.340. The van der Waals surface area contributed by atoms with Crippen LogP contribution in [0.3, 0.4) is 0 Å². The molecule has 3 rings (SSSR count). The highest BCUT2D eigenvalue weighted by molar-refractivity contribution is 7.92. The molecule has 1 unspecified atom stereocenters. The van der Waals surface area contributed by atoms with Gasteiger partial charge >= 0.3 is 7.12 Å². The van der Waals surface area contributed by atoms with Gasteiger partial charge in [0.25, 0.3) is 0 Å². The molecule has 1 heterocycles. The molecule has 0 radical (unpaired) electrons. The lowest BCUT2D eigenvalue weighted by atomic mass is 9.78. The van der Waals surface area contributed by atoms with E-state index >= 15 is 0 Å². The van der Waals surface area contributed by atoms with Crippen LogP contribution in [0.1, 0.15) is 34.6 Å². The molecule has 0 bridgehead atoms. The monoisotopic (exact) mass is 399 g/mol. The van der Waals surface area contributed by atoms with E-state index in [1.54, 1.807) is 12.5 Å². The average Bonchev–Trinajstić information content (AvgIpc) is 2.85. The molecule has 1 saturated heterocycles. The fourth-order valence-electron chi connectivity index (χ4n) is 3.54. The van der Waals surface area contributed by atoms with E-state index in [2.05, 4.69) is 63.2 Å². The lowest BCUT2D eigenvalue weighted by molar-refractivity contribution is -0.0435. The molecule has 1 atom stereocenters. The van der Waals surface area contributed by atoms with E-state index in [0.29, 0.717) is 5.92 Å². The normalized spacial score (nSPS) is 21.9. The molecule has 2 aromatic rings. The summed E-state index contributed by atoms with van der Waals surface area (Å²) >= 11 is 0. The van der Waals surface area contributed by atoms with Crippen molar-refractivity contribution in [3.63, 3.8) is 0 Å². The van der Waals surface area contributed by atoms with Crippen LogP contribution >= 0.6 is 0 Å². The maximum atomic E-state index is 11.8. The fraction of sp³-hybridized carbons (Fsp3) is 0.455. The highest BCUT2D eigenvalue weighted by Crippen LogP contribution is 2.42. The number of benzene rings is 2. The molecule has 0 N–H and O–H groups in total. The van der Waals surface area contributed by atoms with Crippen LogP contribution in [-0.4, -0.2) is 35.0 Å². The summed E-state index contributed by atoms with van der Waals surface area (Å²) < 4.78 is 28.7. The van der Waals surface area contributed by atoms with Crippen molar-refractivity contribution < 1.29 is 13.5 Å². The molecular formula is C22H30BNO3S. The molecule has 1 fully saturated rings. The van der Waals surface area contributed by atoms with E-state index in [-0.39, 0.29) is 18.3 Å². The zero-order valence-electron chi connectivity index (χ0n) is 17.9. The maximum Gasteiger partial charge on any atom is 0.494 e. The lowest BCUT2D eigenvalue weighted by Gasteiger charge is -2.39. The van der Waals surface area contributed by atoms with Crippen LogP contribution in [0.25, 0.3) is 11.1 Å². The van der Waals surface area contributed by atoms with Gasteiger partial charge in [-0.1, -0.05) is 50.2 Å². The third kappa shape index (κ3) is 4.19. The van der Waals surface area contributed by atoms with Gasteiger partial charge in [-0.05, 0) is 55.4 Å². The summed E-state index contributed by atoms with van der Waals surface area (Å²) in [6.07, 6.45) is 3.27. The van der Waals surface area contributed by atoms with Crippen molar-refractivity contribution in [1.29, 1.82) is 0 Å². The van der Waals surface area contributed by atoms with Gasteiger partial charge in [-0.2, -0.15) is 4.36 Å². The van der Waals surface area contributed by atoms with E-state index < -0.39 is 9.73 Å². The Kier molecular flexibility index (Phi) is 5.52. The van der Waals surface area contributed by atoms with Crippen molar-refractivity contribution in [2.75, 3.05) is 12.5 Å². The average molecular weight is 399 g/mol. The summed E-state index contributed by atoms with van der Waals surface area (Å²) in [5.74, 6) is 0.344. The first-order chi connectivity index (χ1) is 12.9. The Morgan fingerprint density at radius 1 is 0.893 bits per heavy atom. The number of hydrogen-bond acceptors (Lipinski definition) is 4. The van der Waals surface area contributed by atoms with Crippen molar-refractivity contribution in [1.82, 2.24) is 0 Å². The molecule has 0 saturated carbocycles. The Labute approximate surface area is 170 Å². The first-order valence-electron chi connectivity index (χ1n) is 9.64. The Morgan fingerprint density at radius 2 is 1.39 bits per heavy atom. The minimum atomic E-state index is -2.15. The SMILES string of the molecule is CC(C)C1(C)OB(c2ccc(-c3ccc(N=S(C)(C)=O)cc3)cc2)OC1(C)C. The van der Waals surface area contributed by atoms with E-state index in [1.165, 1.54) is 0 Å². The summed E-state index contributed by atoms with van der Waals surface area (Å²) in [6, 6.07) is 16.1. The molecule has 6 heteroatoms. The highest BCUT2D eigenvalue weighted by atomic mass is 32.2. The van der Waals surface area contributed by atoms with Gasteiger partial charge in [0.2, 0.25) is 0 Å². The maximum absolute atomic E-state index is 11.8. The van der Waals surface area contributed by atoms with E-state index in [9.17, 15) is 4.21 Å². The van der Waals surface area contributed by atoms with E-state index in [1.807, 2.05) is 24.3 Å². The van der Waals surface area contributed by atoms with Crippen LogP contribution in [0.5, 0.6) is 0 Å². The number of nitrogens with zero attached hydrogens (tertiary/aromatic N) is 1. The van der Waals surface area contributed by atoms with Gasteiger partial charge in [0.1, 0.15) is 0 Å². The van der Waals surface area contributed by atoms with Crippen LogP contribution in [0.2, 0.25) is 0 Å². The first-order valence-corrected chi connectivity index (χ1v) is 12.0. The van der Waals surface area contributed by atoms with Gasteiger partial charge < -0.3 is 9.31 Å². The van der Waals surface area contributed by atoms with Crippen LogP contribution in [0.15, 0.2) is 52.9 Å². The molecule has 0 aromatic heterocycles. The molecule has 1 aliphatic heterocycles. The number of rotatable bonds is 4. The topological polar surface area (TPSA) is 47.9 Å². The Hall–Kier alpha value is -1.63. The lowest BCUT2D eigenvalue weighted by Crippen LogP contribution is -2.48. The predicted octanol–water partition coefficient (Wildman–Crippen LogP) is 4.65. The number of hydrogen-bond donors (Lipinski definition) is 0. The van der Waals surface area contributed by atoms with Crippen LogP contribution in [0, 0.1) is 5.92 Å². The second-order valence-electron chi connectivity index (χ2n) is 8.78. The highest BCUT2D eigenvalue weighted by Gasteiger charge is 2.55. The van der Waals surface area contributed by atoms with Crippen LogP contribution in [0.4, 0.5) is 5.69 Å². The summed E-state index contributed by atoms with van der Waals surface area (Å²) in [5, 5.41) is 0. The second kappa shape index (κ2) is 7.32. The van der Waals surface area contributed by atoms with Gasteiger partial charge in [0.05, 0.1) is 16.9 Å². The van der Waals surface area contributed by atoms with Crippen LogP contribution in [-0.2, 0) is 19.0 Å². The van der Waals surface area contributed by atoms with Crippen molar-refractivity contribution in [3.05, 3.63) is 48.5 Å². The Bertz CT molecular complexity index is 952. The standard InChI is InChI=1S/C22H30BNO3S/c1-16(2)22(5)21(3,4)26-23(27-22)19-12-8-17(9-13-19)18-10-14-20(15-11-18)24-28(6,7)25/h8-16H,1-7H3. The predicted molar refractivity (Wildman–Crippen MR) is 119 cm³/mol. The minimum Gasteiger partial charge on any atom is -0.399 e. The van der Waals surface area contributed by atoms with Crippen molar-refractivity contribution in [2.24, 2.45) is 10.3 Å². The van der Waals surface area contributed by atoms with Gasteiger partial charge in [-0.3, -0.25) is 0 Å². The first kappa shape index (κ1) is 21.1. The Morgan fingerprint density at radius 3 is 1.82 bits per heavy atom. The van der Waals surface area contributed by atoms with Gasteiger partial charge in [0.15, 0.2) is 0 Å². The smallest absolute Gasteiger partial charge is 0.399 e. The summed E-state index contributed by atoms with van der Waals surface area (Å²) in [5.41, 5.74) is 3.24. The fourth-order valence-corrected chi connectivity index (χ4v) is 4.17. The summed E-state index contributed by atoms with van der Waals surface area (Å²) in [7, 11) is -2.51. The summed E-state index contributed by atoms with van der Waals surface area (Å²) in [6.45, 7) is 10.7. The molecule has 0 aliphatic carbocycles. The van der Waals surface area contributed by atoms with Crippen molar-refractivity contribution >= 4 is 28.0 Å².